The van der Waals surface area contributed by atoms with E-state index in [1.165, 1.54) is 12.8 Å². The summed E-state index contributed by atoms with van der Waals surface area (Å²) >= 11 is 0. The Morgan fingerprint density at radius 1 is 1.33 bits per heavy atom. The Labute approximate surface area is 145 Å². The lowest BCUT2D eigenvalue weighted by atomic mass is 9.87. The number of nitrogens with zero attached hydrogens (tertiary/aromatic N) is 1. The van der Waals surface area contributed by atoms with E-state index < -0.39 is 0 Å². The number of urea groups is 1. The van der Waals surface area contributed by atoms with Crippen LogP contribution in [0.3, 0.4) is 0 Å². The van der Waals surface area contributed by atoms with Gasteiger partial charge in [-0.2, -0.15) is 0 Å². The molecule has 134 valence electrons. The zero-order valence-electron chi connectivity index (χ0n) is 15.3. The maximum atomic E-state index is 12.6. The van der Waals surface area contributed by atoms with Gasteiger partial charge in [-0.25, -0.2) is 4.79 Å². The van der Waals surface area contributed by atoms with Crippen molar-refractivity contribution < 1.29 is 14.3 Å². The Morgan fingerprint density at radius 3 is 2.67 bits per heavy atom. The summed E-state index contributed by atoms with van der Waals surface area (Å²) in [5.74, 6) is 0.804. The molecule has 0 bridgehead atoms. The van der Waals surface area contributed by atoms with Crippen LogP contribution in [0.25, 0.3) is 0 Å². The van der Waals surface area contributed by atoms with Crippen LogP contribution in [0.2, 0.25) is 0 Å². The van der Waals surface area contributed by atoms with E-state index in [1.54, 1.807) is 19.1 Å². The number of amides is 2. The molecule has 1 N–H and O–H groups in total. The molecule has 1 fully saturated rings. The van der Waals surface area contributed by atoms with Crippen LogP contribution in [-0.2, 0) is 4.74 Å². The molecule has 2 amide bonds. The van der Waals surface area contributed by atoms with Gasteiger partial charge < -0.3 is 19.7 Å². The first kappa shape index (κ1) is 18.6. The van der Waals surface area contributed by atoms with E-state index in [-0.39, 0.29) is 17.5 Å². The Balaban J connectivity index is 1.95. The van der Waals surface area contributed by atoms with E-state index in [2.05, 4.69) is 5.32 Å². The fourth-order valence-corrected chi connectivity index (χ4v) is 3.49. The highest BCUT2D eigenvalue weighted by Crippen LogP contribution is 2.37. The zero-order valence-corrected chi connectivity index (χ0v) is 15.3. The van der Waals surface area contributed by atoms with Gasteiger partial charge >= 0.3 is 6.03 Å². The summed E-state index contributed by atoms with van der Waals surface area (Å²) in [7, 11) is 5.22. The molecule has 0 heterocycles. The van der Waals surface area contributed by atoms with Gasteiger partial charge in [-0.1, -0.05) is 25.0 Å². The standard InChI is InChI=1S/C19H30N2O3/c1-15(16-8-7-9-17(12-16)24-4)21(2)18(22)20-13-19(14-23-3)10-5-6-11-19/h7-9,12,15H,5-6,10-11,13-14H2,1-4H3,(H,20,22)/t15-/m1/s1. The van der Waals surface area contributed by atoms with E-state index in [0.717, 1.165) is 24.2 Å². The molecule has 0 spiro atoms. The number of rotatable bonds is 7. The van der Waals surface area contributed by atoms with E-state index >= 15 is 0 Å². The van der Waals surface area contributed by atoms with Gasteiger partial charge in [0.1, 0.15) is 5.75 Å². The summed E-state index contributed by atoms with van der Waals surface area (Å²) in [6.45, 7) is 3.41. The second-order valence-electron chi connectivity index (χ2n) is 6.86. The molecule has 1 saturated carbocycles. The summed E-state index contributed by atoms with van der Waals surface area (Å²) in [6, 6.07) is 7.76. The lowest BCUT2D eigenvalue weighted by Gasteiger charge is -2.31. The number of hydrogen-bond acceptors (Lipinski definition) is 3. The number of ether oxygens (including phenoxy) is 2. The molecule has 0 aliphatic heterocycles. The molecule has 0 aromatic heterocycles. The van der Waals surface area contributed by atoms with Gasteiger partial charge in [0, 0.05) is 26.1 Å². The largest absolute Gasteiger partial charge is 0.497 e. The van der Waals surface area contributed by atoms with E-state index in [4.69, 9.17) is 9.47 Å². The van der Waals surface area contributed by atoms with Gasteiger partial charge in [0.2, 0.25) is 0 Å². The van der Waals surface area contributed by atoms with Crippen LogP contribution in [0.5, 0.6) is 5.75 Å². The first-order valence-electron chi connectivity index (χ1n) is 8.65. The van der Waals surface area contributed by atoms with Crippen molar-refractivity contribution in [3.05, 3.63) is 29.8 Å². The summed E-state index contributed by atoms with van der Waals surface area (Å²) in [5, 5.41) is 3.11. The third kappa shape index (κ3) is 4.41. The highest BCUT2D eigenvalue weighted by Gasteiger charge is 2.34. The monoisotopic (exact) mass is 334 g/mol. The minimum Gasteiger partial charge on any atom is -0.497 e. The summed E-state index contributed by atoms with van der Waals surface area (Å²) in [5.41, 5.74) is 1.16. The van der Waals surface area contributed by atoms with Crippen molar-refractivity contribution in [2.24, 2.45) is 5.41 Å². The topological polar surface area (TPSA) is 50.8 Å². The SMILES string of the molecule is COCC1(CNC(=O)N(C)[C@H](C)c2cccc(OC)c2)CCCC1. The quantitative estimate of drug-likeness (QED) is 0.829. The van der Waals surface area contributed by atoms with Gasteiger partial charge in [0.25, 0.3) is 0 Å². The predicted molar refractivity (Wildman–Crippen MR) is 95.3 cm³/mol. The summed E-state index contributed by atoms with van der Waals surface area (Å²) in [6.07, 6.45) is 4.68. The van der Waals surface area contributed by atoms with Crippen LogP contribution >= 0.6 is 0 Å². The Morgan fingerprint density at radius 2 is 2.04 bits per heavy atom. The van der Waals surface area contributed by atoms with Crippen LogP contribution in [0.1, 0.15) is 44.2 Å². The fraction of sp³-hybridized carbons (Fsp3) is 0.632. The molecule has 1 aromatic rings. The molecule has 1 aromatic carbocycles. The number of carbonyl (C=O) groups excluding carboxylic acids is 1. The van der Waals surface area contributed by atoms with E-state index in [0.29, 0.717) is 13.2 Å². The highest BCUT2D eigenvalue weighted by molar-refractivity contribution is 5.74. The molecule has 1 atom stereocenters. The molecule has 0 radical (unpaired) electrons. The maximum Gasteiger partial charge on any atom is 0.317 e. The highest BCUT2D eigenvalue weighted by atomic mass is 16.5. The van der Waals surface area contributed by atoms with E-state index in [1.807, 2.05) is 38.2 Å². The molecular formula is C19H30N2O3. The van der Waals surface area contributed by atoms with Crippen LogP contribution in [0.4, 0.5) is 4.79 Å². The predicted octanol–water partition coefficient (Wildman–Crippen LogP) is 3.60. The Bertz CT molecular complexity index is 541. The molecule has 2 rings (SSSR count). The Kier molecular flexibility index (Phi) is 6.49. The number of carbonyl (C=O) groups is 1. The maximum absolute atomic E-state index is 12.6. The van der Waals surface area contributed by atoms with Crippen molar-refractivity contribution in [1.29, 1.82) is 0 Å². The molecule has 5 heteroatoms. The molecule has 5 nitrogen and oxygen atoms in total. The van der Waals surface area contributed by atoms with E-state index in [9.17, 15) is 4.79 Å². The minimum absolute atomic E-state index is 0.0259. The fourth-order valence-electron chi connectivity index (χ4n) is 3.49. The number of hydrogen-bond donors (Lipinski definition) is 1. The van der Waals surface area contributed by atoms with Crippen LogP contribution in [-0.4, -0.2) is 45.3 Å². The second kappa shape index (κ2) is 8.38. The van der Waals surface area contributed by atoms with Crippen molar-refractivity contribution >= 4 is 6.03 Å². The smallest absolute Gasteiger partial charge is 0.317 e. The lowest BCUT2D eigenvalue weighted by molar-refractivity contribution is 0.0824. The molecule has 0 unspecified atom stereocenters. The molecule has 24 heavy (non-hydrogen) atoms. The van der Waals surface area contributed by atoms with Crippen molar-refractivity contribution in [2.75, 3.05) is 34.4 Å². The first-order valence-corrected chi connectivity index (χ1v) is 8.65. The number of nitrogens with one attached hydrogen (secondary N) is 1. The summed E-state index contributed by atoms with van der Waals surface area (Å²) in [4.78, 5) is 14.3. The van der Waals surface area contributed by atoms with Gasteiger partial charge in [-0.15, -0.1) is 0 Å². The van der Waals surface area contributed by atoms with Crippen molar-refractivity contribution in [2.45, 2.75) is 38.6 Å². The molecule has 0 saturated heterocycles. The van der Waals surface area contributed by atoms with Gasteiger partial charge in [0.05, 0.1) is 19.8 Å². The number of benzene rings is 1. The zero-order chi connectivity index (χ0) is 17.6. The third-order valence-electron chi connectivity index (χ3n) is 5.21. The average molecular weight is 334 g/mol. The van der Waals surface area contributed by atoms with Gasteiger partial charge in [-0.05, 0) is 37.5 Å². The molecule has 1 aliphatic rings. The molecular weight excluding hydrogens is 304 g/mol. The van der Waals surface area contributed by atoms with Crippen molar-refractivity contribution in [3.8, 4) is 5.75 Å². The van der Waals surface area contributed by atoms with Gasteiger partial charge in [0.15, 0.2) is 0 Å². The number of methoxy groups -OCH3 is 2. The van der Waals surface area contributed by atoms with Crippen LogP contribution in [0, 0.1) is 5.41 Å². The van der Waals surface area contributed by atoms with Crippen LogP contribution < -0.4 is 10.1 Å². The van der Waals surface area contributed by atoms with Crippen molar-refractivity contribution in [1.82, 2.24) is 10.2 Å². The minimum atomic E-state index is -0.0484. The third-order valence-corrected chi connectivity index (χ3v) is 5.21. The average Bonchev–Trinajstić information content (AvgIpc) is 3.07. The summed E-state index contributed by atoms with van der Waals surface area (Å²) < 4.78 is 10.7. The second-order valence-corrected chi connectivity index (χ2v) is 6.86. The van der Waals surface area contributed by atoms with Crippen molar-refractivity contribution in [3.63, 3.8) is 0 Å². The van der Waals surface area contributed by atoms with Crippen LogP contribution in [0.15, 0.2) is 24.3 Å². The first-order chi connectivity index (χ1) is 11.5. The van der Waals surface area contributed by atoms with Gasteiger partial charge in [-0.3, -0.25) is 0 Å². The normalized spacial score (nSPS) is 17.3. The molecule has 1 aliphatic carbocycles. The Hall–Kier alpha value is -1.75. The lowest BCUT2D eigenvalue weighted by Crippen LogP contribution is -2.44.